The Balaban J connectivity index is 2.04. The van der Waals surface area contributed by atoms with Crippen molar-refractivity contribution in [3.8, 4) is 11.1 Å². The molecule has 2 amide bonds. The van der Waals surface area contributed by atoms with Crippen LogP contribution in [0.2, 0.25) is 0 Å². The number of aliphatic hydroxyl groups is 1. The Kier molecular flexibility index (Phi) is 8.61. The highest BCUT2D eigenvalue weighted by Crippen LogP contribution is 2.30. The molecule has 1 unspecified atom stereocenters. The van der Waals surface area contributed by atoms with Gasteiger partial charge in [-0.2, -0.15) is 8.42 Å². The number of carbonyl (C=O) groups is 3. The van der Waals surface area contributed by atoms with Gasteiger partial charge in [-0.3, -0.25) is 15.0 Å². The molecule has 0 saturated heterocycles. The molecule has 3 aromatic carbocycles. The van der Waals surface area contributed by atoms with E-state index in [0.717, 1.165) is 6.07 Å². The van der Waals surface area contributed by atoms with Crippen LogP contribution in [0.4, 0.5) is 5.69 Å². The molecule has 0 bridgehead atoms. The Hall–Kier alpha value is -4.55. The number of hydrogen-bond acceptors (Lipinski definition) is 8. The smallest absolute Gasteiger partial charge is 0.354 e. The Morgan fingerprint density at radius 2 is 1.55 bits per heavy atom. The number of carbonyl (C=O) groups excluding carboxylic acids is 3. The van der Waals surface area contributed by atoms with Crippen LogP contribution in [-0.4, -0.2) is 56.0 Å². The zero-order valence-corrected chi connectivity index (χ0v) is 21.3. The molecule has 11 nitrogen and oxygen atoms in total. The van der Waals surface area contributed by atoms with Gasteiger partial charge in [0.15, 0.2) is 0 Å². The van der Waals surface area contributed by atoms with Crippen LogP contribution in [0.5, 0.6) is 0 Å². The molecule has 0 spiro atoms. The molecule has 0 fully saturated rings. The molecule has 3 aromatic rings. The molecule has 38 heavy (non-hydrogen) atoms. The summed E-state index contributed by atoms with van der Waals surface area (Å²) in [6, 6.07) is 16.6. The zero-order valence-electron chi connectivity index (χ0n) is 20.5. The molecule has 3 rings (SSSR count). The Morgan fingerprint density at radius 3 is 2.16 bits per heavy atom. The summed E-state index contributed by atoms with van der Waals surface area (Å²) in [5.74, 6) is -2.49. The number of nitrogen functional groups attached to an aromatic ring is 1. The van der Waals surface area contributed by atoms with E-state index < -0.39 is 34.0 Å². The van der Waals surface area contributed by atoms with E-state index >= 15 is 0 Å². The average Bonchev–Trinajstić information content (AvgIpc) is 2.86. The molecule has 0 saturated carbocycles. The summed E-state index contributed by atoms with van der Waals surface area (Å²) in [6.45, 7) is 1.44. The third kappa shape index (κ3) is 7.24. The fraction of sp³-hybridized carbons (Fsp3) is 0.154. The maximum absolute atomic E-state index is 13.2. The largest absolute Gasteiger partial charge is 0.392 e. The highest BCUT2D eigenvalue weighted by atomic mass is 32.2. The number of anilines is 1. The topological polar surface area (TPSA) is 189 Å². The van der Waals surface area contributed by atoms with E-state index in [1.165, 1.54) is 25.1 Å². The summed E-state index contributed by atoms with van der Waals surface area (Å²) in [7, 11) is -4.19. The number of amides is 2. The summed E-state index contributed by atoms with van der Waals surface area (Å²) in [5.41, 5.74) is 6.72. The van der Waals surface area contributed by atoms with Crippen molar-refractivity contribution in [2.24, 2.45) is 5.73 Å². The monoisotopic (exact) mass is 538 g/mol. The van der Waals surface area contributed by atoms with Crippen molar-refractivity contribution in [2.75, 3.05) is 18.1 Å². The second-order valence-electron chi connectivity index (χ2n) is 8.39. The highest BCUT2D eigenvalue weighted by molar-refractivity contribution is 7.86. The Bertz CT molecular complexity index is 1500. The van der Waals surface area contributed by atoms with E-state index in [9.17, 15) is 27.9 Å². The minimum absolute atomic E-state index is 0.0161. The lowest BCUT2D eigenvalue weighted by Gasteiger charge is -2.15. The van der Waals surface area contributed by atoms with E-state index in [4.69, 9.17) is 11.1 Å². The normalized spacial score (nSPS) is 11.8. The van der Waals surface area contributed by atoms with Crippen molar-refractivity contribution >= 4 is 39.4 Å². The summed E-state index contributed by atoms with van der Waals surface area (Å²) < 4.78 is 27.9. The molecule has 0 aliphatic rings. The fourth-order valence-electron chi connectivity index (χ4n) is 3.46. The van der Waals surface area contributed by atoms with Gasteiger partial charge in [0.1, 0.15) is 5.84 Å². The van der Waals surface area contributed by atoms with Crippen molar-refractivity contribution in [2.45, 2.75) is 13.0 Å². The minimum Gasteiger partial charge on any atom is -0.392 e. The number of rotatable bonds is 9. The lowest BCUT2D eigenvalue weighted by atomic mass is 9.93. The van der Waals surface area contributed by atoms with Gasteiger partial charge in [0.25, 0.3) is 11.8 Å². The van der Waals surface area contributed by atoms with E-state index in [1.807, 2.05) is 0 Å². The molecule has 1 atom stereocenters. The van der Waals surface area contributed by atoms with Gasteiger partial charge in [-0.25, -0.2) is 4.79 Å². The first-order chi connectivity index (χ1) is 17.9. The van der Waals surface area contributed by atoms with E-state index in [2.05, 4.69) is 14.8 Å². The maximum Gasteiger partial charge on any atom is 0.354 e. The quantitative estimate of drug-likeness (QED) is 0.155. The van der Waals surface area contributed by atoms with Crippen molar-refractivity contribution in [3.63, 3.8) is 0 Å². The van der Waals surface area contributed by atoms with Gasteiger partial charge in [0.2, 0.25) is 0 Å². The highest BCUT2D eigenvalue weighted by Gasteiger charge is 2.23. The van der Waals surface area contributed by atoms with Crippen LogP contribution in [0.1, 0.15) is 43.6 Å². The lowest BCUT2D eigenvalue weighted by molar-refractivity contribution is 0.0748. The predicted molar refractivity (Wildman–Crippen MR) is 142 cm³/mol. The fourth-order valence-corrected chi connectivity index (χ4v) is 3.83. The third-order valence-electron chi connectivity index (χ3n) is 5.20. The second-order valence-corrected chi connectivity index (χ2v) is 9.96. The number of hydrogen-bond donors (Lipinski definition) is 5. The van der Waals surface area contributed by atoms with Crippen LogP contribution in [0.15, 0.2) is 66.7 Å². The molecule has 0 aliphatic heterocycles. The Labute approximate surface area is 219 Å². The molecular weight excluding hydrogens is 512 g/mol. The van der Waals surface area contributed by atoms with Crippen LogP contribution in [0.25, 0.3) is 11.1 Å². The first-order valence-corrected chi connectivity index (χ1v) is 13.1. The number of amidine groups is 1. The number of nitrogens with one attached hydrogen (secondary N) is 3. The summed E-state index contributed by atoms with van der Waals surface area (Å²) in [4.78, 5) is 38.6. The number of aliphatic hydroxyl groups excluding tert-OH is 1. The SMILES string of the molecule is CC(O)CNC(=O)c1ccc(-c2ccccc2C(=O)Nc2ccc(C(=N)N)cc2)c(C(=O)OS(C)(=O)=O)c1. The van der Waals surface area contributed by atoms with Crippen molar-refractivity contribution in [3.05, 3.63) is 89.0 Å². The first kappa shape index (κ1) is 28.0. The molecule has 0 heterocycles. The molecule has 0 aliphatic carbocycles. The van der Waals surface area contributed by atoms with Crippen LogP contribution in [0, 0.1) is 5.41 Å². The van der Waals surface area contributed by atoms with Crippen molar-refractivity contribution in [1.82, 2.24) is 5.32 Å². The number of benzene rings is 3. The van der Waals surface area contributed by atoms with E-state index in [-0.39, 0.29) is 40.2 Å². The summed E-state index contributed by atoms with van der Waals surface area (Å²) >= 11 is 0. The lowest BCUT2D eigenvalue weighted by Crippen LogP contribution is -2.30. The van der Waals surface area contributed by atoms with Crippen LogP contribution < -0.4 is 16.4 Å². The van der Waals surface area contributed by atoms with Gasteiger partial charge in [-0.15, -0.1) is 0 Å². The van der Waals surface area contributed by atoms with Gasteiger partial charge < -0.3 is 25.7 Å². The maximum atomic E-state index is 13.2. The van der Waals surface area contributed by atoms with Gasteiger partial charge in [0.05, 0.1) is 17.9 Å². The first-order valence-electron chi connectivity index (χ1n) is 11.2. The average molecular weight is 539 g/mol. The van der Waals surface area contributed by atoms with Crippen LogP contribution in [-0.2, 0) is 14.3 Å². The molecule has 12 heteroatoms. The molecule has 0 aromatic heterocycles. The van der Waals surface area contributed by atoms with Crippen LogP contribution >= 0.6 is 0 Å². The minimum atomic E-state index is -4.19. The molecule has 198 valence electrons. The van der Waals surface area contributed by atoms with Gasteiger partial charge in [0, 0.05) is 28.9 Å². The third-order valence-corrected chi connectivity index (χ3v) is 5.66. The van der Waals surface area contributed by atoms with Gasteiger partial charge in [-0.05, 0) is 60.5 Å². The summed E-state index contributed by atoms with van der Waals surface area (Å²) in [5, 5.41) is 22.1. The molecule has 0 radical (unpaired) electrons. The van der Waals surface area contributed by atoms with Crippen molar-refractivity contribution in [1.29, 1.82) is 5.41 Å². The predicted octanol–water partition coefficient (Wildman–Crippen LogP) is 2.12. The summed E-state index contributed by atoms with van der Waals surface area (Å²) in [6.07, 6.45) is -0.0975. The standard InChI is InChI=1S/C26H26N4O7S/c1-15(31)14-29-24(32)17-9-12-20(22(13-17)26(34)37-38(2,35)36)19-5-3-4-6-21(19)25(33)30-18-10-7-16(8-11-18)23(27)28/h3-13,15,31H,14H2,1-2H3,(H3,27,28)(H,29,32)(H,30,33). The number of nitrogens with two attached hydrogens (primary N) is 1. The van der Waals surface area contributed by atoms with E-state index in [0.29, 0.717) is 17.5 Å². The molecular formula is C26H26N4O7S. The van der Waals surface area contributed by atoms with Crippen LogP contribution in [0.3, 0.4) is 0 Å². The van der Waals surface area contributed by atoms with E-state index in [1.54, 1.807) is 42.5 Å². The van der Waals surface area contributed by atoms with Gasteiger partial charge in [-0.1, -0.05) is 24.3 Å². The molecule has 6 N–H and O–H groups in total. The van der Waals surface area contributed by atoms with Crippen molar-refractivity contribution < 1.29 is 32.1 Å². The second kappa shape index (κ2) is 11.7. The van der Waals surface area contributed by atoms with Gasteiger partial charge >= 0.3 is 16.1 Å². The zero-order chi connectivity index (χ0) is 28.0. The Morgan fingerprint density at radius 1 is 0.947 bits per heavy atom.